The first-order valence-corrected chi connectivity index (χ1v) is 11.0. The van der Waals surface area contributed by atoms with E-state index in [0.29, 0.717) is 24.5 Å². The molecule has 4 aliphatic carbocycles. The van der Waals surface area contributed by atoms with Crippen molar-refractivity contribution in [3.8, 4) is 0 Å². The van der Waals surface area contributed by atoms with Crippen LogP contribution in [0, 0.1) is 40.4 Å². The summed E-state index contributed by atoms with van der Waals surface area (Å²) in [5, 5.41) is 14.7. The Bertz CT molecular complexity index is 538. The topological polar surface area (TPSA) is 67.8 Å². The largest absolute Gasteiger partial charge is 0.395 e. The lowest BCUT2D eigenvalue weighted by atomic mass is 9.44. The molecule has 0 bridgehead atoms. The highest BCUT2D eigenvalue weighted by molar-refractivity contribution is 5.60. The average molecular weight is 363 g/mol. The molecule has 0 aromatic heterocycles. The Morgan fingerprint density at radius 3 is 2.62 bits per heavy atom. The van der Waals surface area contributed by atoms with E-state index in [0.717, 1.165) is 30.1 Å². The van der Waals surface area contributed by atoms with Gasteiger partial charge < -0.3 is 15.7 Å². The second-order valence-electron chi connectivity index (χ2n) is 10.2. The maximum Gasteiger partial charge on any atom is 0.129 e. The summed E-state index contributed by atoms with van der Waals surface area (Å²) < 4.78 is 0. The minimum atomic E-state index is -0.0561. The molecule has 0 aliphatic heterocycles. The van der Waals surface area contributed by atoms with Crippen molar-refractivity contribution < 1.29 is 9.94 Å². The molecule has 4 saturated carbocycles. The van der Waals surface area contributed by atoms with E-state index in [4.69, 9.17) is 10.6 Å². The number of aliphatic hydroxyl groups excluding tert-OH is 1. The SMILES string of the molecule is CC12CCC3C(CCC4CC(C=NOCCN)CCC43C)C1CCC2O. The molecule has 3 N–H and O–H groups in total. The molecule has 26 heavy (non-hydrogen) atoms. The standard InChI is InChI=1S/C22H38N2O2/c1-21-9-7-15(14-24-26-12-11-23)13-16(21)3-4-17-18-5-6-20(25)22(18,2)10-8-19(17)21/h14-20,25H,3-13,23H2,1-2H3. The molecule has 8 unspecified atom stereocenters. The van der Waals surface area contributed by atoms with Crippen LogP contribution in [0.5, 0.6) is 0 Å². The molecule has 4 aliphatic rings. The molecule has 4 heteroatoms. The molecule has 0 saturated heterocycles. The molecule has 0 heterocycles. The Balaban J connectivity index is 1.45. The van der Waals surface area contributed by atoms with Crippen molar-refractivity contribution in [2.45, 2.75) is 77.7 Å². The van der Waals surface area contributed by atoms with E-state index in [-0.39, 0.29) is 11.5 Å². The third kappa shape index (κ3) is 2.92. The molecule has 8 atom stereocenters. The van der Waals surface area contributed by atoms with E-state index in [1.54, 1.807) is 0 Å². The predicted octanol–water partition coefficient (Wildman–Crippen LogP) is 3.97. The monoisotopic (exact) mass is 362 g/mol. The highest BCUT2D eigenvalue weighted by atomic mass is 16.6. The van der Waals surface area contributed by atoms with Crippen LogP contribution >= 0.6 is 0 Å². The molecule has 148 valence electrons. The summed E-state index contributed by atoms with van der Waals surface area (Å²) in [6.45, 7) is 6.02. The highest BCUT2D eigenvalue weighted by Crippen LogP contribution is 2.66. The van der Waals surface area contributed by atoms with Crippen LogP contribution in [0.25, 0.3) is 0 Å². The van der Waals surface area contributed by atoms with Gasteiger partial charge >= 0.3 is 0 Å². The summed E-state index contributed by atoms with van der Waals surface area (Å²) in [4.78, 5) is 5.22. The lowest BCUT2D eigenvalue weighted by Gasteiger charge is -2.60. The van der Waals surface area contributed by atoms with Crippen molar-refractivity contribution in [2.75, 3.05) is 13.2 Å². The quantitative estimate of drug-likeness (QED) is 0.452. The molecule has 0 aromatic carbocycles. The van der Waals surface area contributed by atoms with Crippen molar-refractivity contribution in [1.82, 2.24) is 0 Å². The van der Waals surface area contributed by atoms with E-state index in [9.17, 15) is 5.11 Å². The van der Waals surface area contributed by atoms with Crippen LogP contribution in [0.4, 0.5) is 0 Å². The van der Waals surface area contributed by atoms with Gasteiger partial charge in [0.25, 0.3) is 0 Å². The van der Waals surface area contributed by atoms with E-state index < -0.39 is 0 Å². The summed E-state index contributed by atoms with van der Waals surface area (Å²) in [6.07, 6.45) is 13.5. The van der Waals surface area contributed by atoms with Gasteiger partial charge in [-0.15, -0.1) is 0 Å². The fraction of sp³-hybridized carbons (Fsp3) is 0.955. The molecule has 0 spiro atoms. The summed E-state index contributed by atoms with van der Waals surface area (Å²) >= 11 is 0. The molecule has 0 aromatic rings. The lowest BCUT2D eigenvalue weighted by Crippen LogP contribution is -2.54. The molecular formula is C22H38N2O2. The third-order valence-corrected chi connectivity index (χ3v) is 9.21. The van der Waals surface area contributed by atoms with Crippen LogP contribution in [0.1, 0.15) is 71.6 Å². The first kappa shape index (κ1) is 18.7. The van der Waals surface area contributed by atoms with Crippen LogP contribution in [0.3, 0.4) is 0 Å². The second kappa shape index (κ2) is 7.09. The van der Waals surface area contributed by atoms with E-state index in [2.05, 4.69) is 19.0 Å². The van der Waals surface area contributed by atoms with Crippen LogP contribution in [0.15, 0.2) is 5.16 Å². The average Bonchev–Trinajstić information content (AvgIpc) is 2.94. The van der Waals surface area contributed by atoms with E-state index in [1.807, 2.05) is 6.21 Å². The Morgan fingerprint density at radius 2 is 1.81 bits per heavy atom. The van der Waals surface area contributed by atoms with Gasteiger partial charge in [-0.05, 0) is 98.2 Å². The van der Waals surface area contributed by atoms with Gasteiger partial charge in [-0.3, -0.25) is 0 Å². The molecule has 4 nitrogen and oxygen atoms in total. The van der Waals surface area contributed by atoms with Gasteiger partial charge in [0.1, 0.15) is 6.61 Å². The maximum absolute atomic E-state index is 10.6. The molecule has 4 rings (SSSR count). The molecule has 4 fully saturated rings. The Labute approximate surface area is 158 Å². The number of aliphatic hydroxyl groups is 1. The van der Waals surface area contributed by atoms with Crippen molar-refractivity contribution in [1.29, 1.82) is 0 Å². The van der Waals surface area contributed by atoms with Gasteiger partial charge in [-0.25, -0.2) is 0 Å². The fourth-order valence-electron chi connectivity index (χ4n) is 7.63. The van der Waals surface area contributed by atoms with Gasteiger partial charge in [0.15, 0.2) is 0 Å². The molecule has 0 amide bonds. The highest BCUT2D eigenvalue weighted by Gasteiger charge is 2.59. The smallest absolute Gasteiger partial charge is 0.129 e. The minimum Gasteiger partial charge on any atom is -0.395 e. The maximum atomic E-state index is 10.6. The van der Waals surface area contributed by atoms with Crippen LogP contribution in [0.2, 0.25) is 0 Å². The number of rotatable bonds is 4. The fourth-order valence-corrected chi connectivity index (χ4v) is 7.63. The minimum absolute atomic E-state index is 0.0561. The molecule has 0 radical (unpaired) electrons. The lowest BCUT2D eigenvalue weighted by molar-refractivity contribution is -0.123. The summed E-state index contributed by atoms with van der Waals surface area (Å²) in [6, 6.07) is 0. The number of nitrogens with zero attached hydrogens (tertiary/aromatic N) is 1. The van der Waals surface area contributed by atoms with Crippen LogP contribution in [-0.4, -0.2) is 30.6 Å². The zero-order chi connectivity index (χ0) is 18.4. The predicted molar refractivity (Wildman–Crippen MR) is 105 cm³/mol. The van der Waals surface area contributed by atoms with Gasteiger partial charge in [-0.2, -0.15) is 0 Å². The number of hydrogen-bond acceptors (Lipinski definition) is 4. The summed E-state index contributed by atoms with van der Waals surface area (Å²) in [7, 11) is 0. The van der Waals surface area contributed by atoms with Crippen LogP contribution < -0.4 is 5.73 Å². The number of oxime groups is 1. The first-order chi connectivity index (χ1) is 12.5. The third-order valence-electron chi connectivity index (χ3n) is 9.21. The van der Waals surface area contributed by atoms with Crippen molar-refractivity contribution in [2.24, 2.45) is 51.3 Å². The van der Waals surface area contributed by atoms with E-state index >= 15 is 0 Å². The van der Waals surface area contributed by atoms with Crippen molar-refractivity contribution in [3.05, 3.63) is 0 Å². The van der Waals surface area contributed by atoms with Gasteiger partial charge in [-0.1, -0.05) is 19.0 Å². The Kier molecular flexibility index (Phi) is 5.11. The Hall–Kier alpha value is -0.610. The number of hydrogen-bond donors (Lipinski definition) is 2. The van der Waals surface area contributed by atoms with Gasteiger partial charge in [0, 0.05) is 12.8 Å². The van der Waals surface area contributed by atoms with E-state index in [1.165, 1.54) is 51.4 Å². The van der Waals surface area contributed by atoms with Crippen LogP contribution in [-0.2, 0) is 4.84 Å². The number of nitrogens with two attached hydrogens (primary N) is 1. The molecular weight excluding hydrogens is 324 g/mol. The normalized spacial score (nSPS) is 50.9. The summed E-state index contributed by atoms with van der Waals surface area (Å²) in [5.41, 5.74) is 6.16. The van der Waals surface area contributed by atoms with Gasteiger partial charge in [0.05, 0.1) is 6.10 Å². The second-order valence-corrected chi connectivity index (χ2v) is 10.2. The number of fused-ring (bicyclic) bond motifs is 5. The zero-order valence-electron chi connectivity index (χ0n) is 16.7. The Morgan fingerprint density at radius 1 is 1.04 bits per heavy atom. The van der Waals surface area contributed by atoms with Crippen molar-refractivity contribution in [3.63, 3.8) is 0 Å². The summed E-state index contributed by atoms with van der Waals surface area (Å²) in [5.74, 6) is 3.89. The zero-order valence-corrected chi connectivity index (χ0v) is 16.7. The van der Waals surface area contributed by atoms with Crippen molar-refractivity contribution >= 4 is 6.21 Å². The van der Waals surface area contributed by atoms with Gasteiger partial charge in [0.2, 0.25) is 0 Å². The first-order valence-electron chi connectivity index (χ1n) is 11.0.